The summed E-state index contributed by atoms with van der Waals surface area (Å²) in [5.74, 6) is 0.477. The predicted molar refractivity (Wildman–Crippen MR) is 122 cm³/mol. The van der Waals surface area contributed by atoms with Gasteiger partial charge in [-0.1, -0.05) is 55.0 Å². The van der Waals surface area contributed by atoms with E-state index in [1.54, 1.807) is 6.08 Å². The first-order valence-corrected chi connectivity index (χ1v) is 11.7. The molecule has 31 heavy (non-hydrogen) atoms. The number of halogens is 3. The zero-order valence-electron chi connectivity index (χ0n) is 19.2. The Morgan fingerprint density at radius 1 is 1.19 bits per heavy atom. The summed E-state index contributed by atoms with van der Waals surface area (Å²) in [5.41, 5.74) is 3.23. The van der Waals surface area contributed by atoms with E-state index in [1.807, 2.05) is 0 Å². The molecule has 2 fully saturated rings. The Morgan fingerprint density at radius 2 is 1.94 bits per heavy atom. The lowest BCUT2D eigenvalue weighted by Gasteiger charge is -2.41. The molecular formula is C27H37F3O. The Labute approximate surface area is 185 Å². The number of rotatable bonds is 5. The molecule has 2 saturated carbocycles. The number of alkyl halides is 3. The maximum absolute atomic E-state index is 13.0. The van der Waals surface area contributed by atoms with Crippen molar-refractivity contribution in [2.45, 2.75) is 90.8 Å². The van der Waals surface area contributed by atoms with Gasteiger partial charge in [-0.05, 0) is 94.1 Å². The molecule has 0 radical (unpaired) electrons. The molecule has 0 amide bonds. The Hall–Kier alpha value is -1.55. The fraction of sp³-hybridized carbons (Fsp3) is 0.630. The van der Waals surface area contributed by atoms with Crippen LogP contribution in [0.5, 0.6) is 0 Å². The summed E-state index contributed by atoms with van der Waals surface area (Å²) in [4.78, 5) is 0. The first-order chi connectivity index (χ1) is 14.5. The second kappa shape index (κ2) is 9.13. The molecule has 0 spiro atoms. The van der Waals surface area contributed by atoms with Crippen LogP contribution >= 0.6 is 0 Å². The van der Waals surface area contributed by atoms with Crippen molar-refractivity contribution < 1.29 is 18.3 Å². The molecule has 0 aromatic carbocycles. The van der Waals surface area contributed by atoms with E-state index in [2.05, 4.69) is 31.7 Å². The first kappa shape index (κ1) is 24.1. The Balaban J connectivity index is 1.66. The quantitative estimate of drug-likeness (QED) is 0.435. The van der Waals surface area contributed by atoms with Crippen LogP contribution in [0, 0.1) is 16.7 Å². The van der Waals surface area contributed by atoms with Crippen LogP contribution in [-0.4, -0.2) is 17.4 Å². The average molecular weight is 435 g/mol. The van der Waals surface area contributed by atoms with Gasteiger partial charge >= 0.3 is 6.18 Å². The predicted octanol–water partition coefficient (Wildman–Crippen LogP) is 8.00. The summed E-state index contributed by atoms with van der Waals surface area (Å²) in [6.45, 7) is 8.86. The Morgan fingerprint density at radius 3 is 2.65 bits per heavy atom. The smallest absolute Gasteiger partial charge is 0.388 e. The summed E-state index contributed by atoms with van der Waals surface area (Å²) in [6, 6.07) is 0. The van der Waals surface area contributed by atoms with Crippen LogP contribution in [0.25, 0.3) is 0 Å². The number of hydrogen-bond acceptors (Lipinski definition) is 1. The van der Waals surface area contributed by atoms with Crippen LogP contribution in [0.2, 0.25) is 0 Å². The van der Waals surface area contributed by atoms with E-state index in [-0.39, 0.29) is 5.41 Å². The van der Waals surface area contributed by atoms with Crippen molar-refractivity contribution >= 4 is 0 Å². The molecule has 0 heterocycles. The molecule has 3 unspecified atom stereocenters. The van der Waals surface area contributed by atoms with Gasteiger partial charge in [0.15, 0.2) is 0 Å². The van der Waals surface area contributed by atoms with Gasteiger partial charge in [-0.25, -0.2) is 0 Å². The van der Waals surface area contributed by atoms with Gasteiger partial charge < -0.3 is 5.11 Å². The topological polar surface area (TPSA) is 20.2 Å². The van der Waals surface area contributed by atoms with Crippen molar-refractivity contribution in [3.63, 3.8) is 0 Å². The second-order valence-electron chi connectivity index (χ2n) is 10.3. The highest BCUT2D eigenvalue weighted by Crippen LogP contribution is 2.55. The monoisotopic (exact) mass is 434 g/mol. The number of fused-ring (bicyclic) bond motifs is 1. The molecule has 3 aliphatic rings. The van der Waals surface area contributed by atoms with Crippen LogP contribution in [0.4, 0.5) is 13.2 Å². The van der Waals surface area contributed by atoms with Crippen LogP contribution in [0.3, 0.4) is 0 Å². The Kier molecular flexibility index (Phi) is 7.10. The molecule has 4 heteroatoms. The van der Waals surface area contributed by atoms with Crippen molar-refractivity contribution in [1.82, 2.24) is 0 Å². The van der Waals surface area contributed by atoms with Crippen molar-refractivity contribution in [1.29, 1.82) is 0 Å². The lowest BCUT2D eigenvalue weighted by atomic mass is 9.63. The summed E-state index contributed by atoms with van der Waals surface area (Å²) in [6.07, 6.45) is 13.8. The third-order valence-electron chi connectivity index (χ3n) is 7.79. The summed E-state index contributed by atoms with van der Waals surface area (Å²) in [7, 11) is 0. The molecule has 1 nitrogen and oxygen atoms in total. The van der Waals surface area contributed by atoms with E-state index in [9.17, 15) is 18.3 Å². The molecule has 0 bridgehead atoms. The molecule has 0 aliphatic heterocycles. The highest BCUT2D eigenvalue weighted by atomic mass is 19.4. The van der Waals surface area contributed by atoms with Crippen molar-refractivity contribution in [2.24, 2.45) is 16.7 Å². The van der Waals surface area contributed by atoms with Crippen molar-refractivity contribution in [2.75, 3.05) is 0 Å². The summed E-state index contributed by atoms with van der Waals surface area (Å²) >= 11 is 0. The van der Waals surface area contributed by atoms with Gasteiger partial charge in [-0.15, -0.1) is 0 Å². The molecular weight excluding hydrogens is 397 g/mol. The molecule has 1 N–H and O–H groups in total. The second-order valence-corrected chi connectivity index (χ2v) is 10.3. The molecule has 0 saturated heterocycles. The van der Waals surface area contributed by atoms with E-state index in [1.165, 1.54) is 36.6 Å². The standard InChI is InChI=1S/C27H37F3O/c1-19-20(9-7-12-24(19)31)13-14-21-10-8-18-26(4)22(15-16-23(21)26)11-5-6-17-25(2,3)27(28,29)30/h6,13-15,17,23-24,31H,1,5,7-12,16,18H2,2-4H3/b17-6+,20-13-,21-14+. The highest BCUT2D eigenvalue weighted by Gasteiger charge is 2.46. The van der Waals surface area contributed by atoms with E-state index in [0.29, 0.717) is 12.3 Å². The molecule has 3 rings (SSSR count). The van der Waals surface area contributed by atoms with Crippen molar-refractivity contribution in [3.8, 4) is 0 Å². The SMILES string of the molecule is C=C1/C(=C\C=C2/CCCC3(C)C(CC/C=C/C(C)(C)C(F)(F)F)=CCC23)CCCC1O. The number of hydrogen-bond donors (Lipinski definition) is 1. The zero-order valence-corrected chi connectivity index (χ0v) is 19.2. The molecule has 172 valence electrons. The minimum atomic E-state index is -4.22. The number of allylic oxidation sites excluding steroid dienone is 7. The fourth-order valence-corrected chi connectivity index (χ4v) is 5.44. The fourth-order valence-electron chi connectivity index (χ4n) is 5.44. The van der Waals surface area contributed by atoms with E-state index < -0.39 is 17.7 Å². The summed E-state index contributed by atoms with van der Waals surface area (Å²) < 4.78 is 39.1. The maximum Gasteiger partial charge on any atom is 0.397 e. The minimum Gasteiger partial charge on any atom is -0.388 e. The minimum absolute atomic E-state index is 0.110. The van der Waals surface area contributed by atoms with Gasteiger partial charge in [0.05, 0.1) is 11.5 Å². The van der Waals surface area contributed by atoms with Gasteiger partial charge in [-0.2, -0.15) is 13.2 Å². The van der Waals surface area contributed by atoms with Gasteiger partial charge in [0.1, 0.15) is 0 Å². The van der Waals surface area contributed by atoms with Crippen molar-refractivity contribution in [3.05, 3.63) is 59.3 Å². The first-order valence-electron chi connectivity index (χ1n) is 11.7. The molecule has 0 aromatic heterocycles. The van der Waals surface area contributed by atoms with Gasteiger partial charge in [0.25, 0.3) is 0 Å². The maximum atomic E-state index is 13.0. The Bertz CT molecular complexity index is 809. The summed E-state index contributed by atoms with van der Waals surface area (Å²) in [5, 5.41) is 10.1. The van der Waals surface area contributed by atoms with E-state index >= 15 is 0 Å². The molecule has 3 atom stereocenters. The van der Waals surface area contributed by atoms with Gasteiger partial charge in [-0.3, -0.25) is 0 Å². The van der Waals surface area contributed by atoms with Gasteiger partial charge in [0, 0.05) is 0 Å². The zero-order chi connectivity index (χ0) is 22.9. The molecule has 0 aromatic rings. The van der Waals surface area contributed by atoms with Crippen LogP contribution in [-0.2, 0) is 0 Å². The lowest BCUT2D eigenvalue weighted by Crippen LogP contribution is -2.30. The number of aliphatic hydroxyl groups excluding tert-OH is 1. The third-order valence-corrected chi connectivity index (χ3v) is 7.79. The largest absolute Gasteiger partial charge is 0.397 e. The van der Waals surface area contributed by atoms with Crippen LogP contribution in [0.1, 0.15) is 78.6 Å². The normalized spacial score (nSPS) is 32.7. The number of aliphatic hydroxyl groups is 1. The van der Waals surface area contributed by atoms with Crippen LogP contribution in [0.15, 0.2) is 59.3 Å². The van der Waals surface area contributed by atoms with E-state index in [4.69, 9.17) is 0 Å². The lowest BCUT2D eigenvalue weighted by molar-refractivity contribution is -0.193. The van der Waals surface area contributed by atoms with Crippen LogP contribution < -0.4 is 0 Å². The van der Waals surface area contributed by atoms with E-state index in [0.717, 1.165) is 56.9 Å². The average Bonchev–Trinajstić information content (AvgIpc) is 3.02. The third kappa shape index (κ3) is 5.10. The van der Waals surface area contributed by atoms with Gasteiger partial charge in [0.2, 0.25) is 0 Å². The molecule has 3 aliphatic carbocycles. The highest BCUT2D eigenvalue weighted by molar-refractivity contribution is 5.39.